The lowest BCUT2D eigenvalue weighted by molar-refractivity contribution is 0.746. The van der Waals surface area contributed by atoms with Crippen LogP contribution in [0.5, 0.6) is 0 Å². The van der Waals surface area contributed by atoms with Crippen LogP contribution in [0.3, 0.4) is 0 Å². The van der Waals surface area contributed by atoms with Gasteiger partial charge in [0.2, 0.25) is 0 Å². The summed E-state index contributed by atoms with van der Waals surface area (Å²) in [4.78, 5) is 0. The molecule has 0 amide bonds. The lowest BCUT2D eigenvalue weighted by atomic mass is 9.97. The molecule has 0 aliphatic carbocycles. The molecule has 0 saturated heterocycles. The van der Waals surface area contributed by atoms with Crippen LogP contribution in [-0.2, 0) is 0 Å². The molecular weight excluding hydrogens is 132 g/mol. The molecule has 1 aromatic rings. The Balaban J connectivity index is 2.61. The maximum Gasteiger partial charge on any atom is -0.0162 e. The van der Waals surface area contributed by atoms with Crippen molar-refractivity contribution in [2.45, 2.75) is 18.8 Å². The molecule has 0 heteroatoms. The topological polar surface area (TPSA) is 0 Å². The Morgan fingerprint density at radius 3 is 2.36 bits per heavy atom. The molecule has 1 unspecified atom stereocenters. The van der Waals surface area contributed by atoms with E-state index in [1.54, 1.807) is 0 Å². The van der Waals surface area contributed by atoms with Crippen LogP contribution >= 0.6 is 0 Å². The Kier molecular flexibility index (Phi) is 3.15. The third-order valence-electron chi connectivity index (χ3n) is 1.82. The van der Waals surface area contributed by atoms with Crippen molar-refractivity contribution in [2.24, 2.45) is 0 Å². The summed E-state index contributed by atoms with van der Waals surface area (Å²) >= 11 is 0. The molecule has 0 saturated carbocycles. The lowest BCUT2D eigenvalue weighted by Gasteiger charge is -2.08. The van der Waals surface area contributed by atoms with E-state index in [9.17, 15) is 0 Å². The van der Waals surface area contributed by atoms with Gasteiger partial charge in [-0.05, 0) is 24.8 Å². The summed E-state index contributed by atoms with van der Waals surface area (Å²) < 4.78 is 0. The van der Waals surface area contributed by atoms with E-state index in [0.717, 1.165) is 12.8 Å². The third-order valence-corrected chi connectivity index (χ3v) is 1.82. The van der Waals surface area contributed by atoms with Crippen LogP contribution in [0, 0.1) is 13.8 Å². The third kappa shape index (κ3) is 2.38. The molecule has 0 aliphatic heterocycles. The zero-order chi connectivity index (χ0) is 8.10. The summed E-state index contributed by atoms with van der Waals surface area (Å²) in [6, 6.07) is 10.4. The lowest BCUT2D eigenvalue weighted by Crippen LogP contribution is -1.91. The Hall–Kier alpha value is -0.780. The molecule has 0 N–H and O–H groups in total. The minimum atomic E-state index is 0.411. The number of hydrogen-bond acceptors (Lipinski definition) is 0. The predicted octanol–water partition coefficient (Wildman–Crippen LogP) is 3.22. The van der Waals surface area contributed by atoms with Gasteiger partial charge >= 0.3 is 0 Å². The first-order valence-electron chi connectivity index (χ1n) is 4.02. The van der Waals surface area contributed by atoms with Gasteiger partial charge in [0.1, 0.15) is 0 Å². The molecule has 1 atom stereocenters. The zero-order valence-electron chi connectivity index (χ0n) is 6.79. The van der Waals surface area contributed by atoms with Crippen molar-refractivity contribution >= 4 is 0 Å². The first-order valence-corrected chi connectivity index (χ1v) is 4.02. The van der Waals surface area contributed by atoms with Gasteiger partial charge in [-0.1, -0.05) is 43.7 Å². The van der Waals surface area contributed by atoms with Gasteiger partial charge in [0.15, 0.2) is 0 Å². The van der Waals surface area contributed by atoms with Crippen LogP contribution < -0.4 is 0 Å². The molecule has 58 valence electrons. The average molecular weight is 146 g/mol. The van der Waals surface area contributed by atoms with Crippen molar-refractivity contribution in [1.82, 2.24) is 0 Å². The van der Waals surface area contributed by atoms with Crippen molar-refractivity contribution in [3.63, 3.8) is 0 Å². The van der Waals surface area contributed by atoms with E-state index in [4.69, 9.17) is 0 Å². The van der Waals surface area contributed by atoms with E-state index in [1.807, 2.05) is 6.07 Å². The Labute approximate surface area is 69.3 Å². The normalized spacial score (nSPS) is 12.9. The van der Waals surface area contributed by atoms with E-state index < -0.39 is 0 Å². The van der Waals surface area contributed by atoms with Crippen LogP contribution in [-0.4, -0.2) is 0 Å². The summed E-state index contributed by atoms with van der Waals surface area (Å²) in [6.07, 6.45) is 2.03. The Morgan fingerprint density at radius 1 is 1.18 bits per heavy atom. The summed E-state index contributed by atoms with van der Waals surface area (Å²) in [5, 5.41) is 0. The van der Waals surface area contributed by atoms with Crippen molar-refractivity contribution in [2.75, 3.05) is 0 Å². The monoisotopic (exact) mass is 146 g/mol. The van der Waals surface area contributed by atoms with Gasteiger partial charge < -0.3 is 0 Å². The molecule has 1 aromatic carbocycles. The average Bonchev–Trinajstić information content (AvgIpc) is 2.07. The second-order valence-electron chi connectivity index (χ2n) is 2.75. The summed E-state index contributed by atoms with van der Waals surface area (Å²) in [5.41, 5.74) is 1.32. The van der Waals surface area contributed by atoms with Gasteiger partial charge in [-0.2, -0.15) is 0 Å². The van der Waals surface area contributed by atoms with Crippen molar-refractivity contribution in [1.29, 1.82) is 0 Å². The fourth-order valence-electron chi connectivity index (χ4n) is 1.14. The van der Waals surface area contributed by atoms with E-state index in [0.29, 0.717) is 5.92 Å². The van der Waals surface area contributed by atoms with E-state index in [2.05, 4.69) is 38.1 Å². The number of rotatable bonds is 3. The van der Waals surface area contributed by atoms with Gasteiger partial charge in [-0.25, -0.2) is 0 Å². The van der Waals surface area contributed by atoms with Crippen molar-refractivity contribution in [3.05, 3.63) is 49.7 Å². The maximum atomic E-state index is 4.06. The van der Waals surface area contributed by atoms with E-state index in [-0.39, 0.29) is 0 Å². The fraction of sp³-hybridized carbons (Fsp3) is 0.273. The van der Waals surface area contributed by atoms with Crippen molar-refractivity contribution in [3.8, 4) is 0 Å². The highest BCUT2D eigenvalue weighted by Gasteiger charge is 2.01. The maximum absolute atomic E-state index is 4.06. The minimum Gasteiger partial charge on any atom is -0.0622 e. The van der Waals surface area contributed by atoms with Crippen LogP contribution in [0.15, 0.2) is 30.3 Å². The van der Waals surface area contributed by atoms with E-state index in [1.165, 1.54) is 5.56 Å². The van der Waals surface area contributed by atoms with Gasteiger partial charge in [-0.3, -0.25) is 0 Å². The molecule has 0 nitrogen and oxygen atoms in total. The highest BCUT2D eigenvalue weighted by molar-refractivity contribution is 5.20. The molecular formula is C11H14. The largest absolute Gasteiger partial charge is 0.0622 e. The number of hydrogen-bond donors (Lipinski definition) is 0. The first kappa shape index (κ1) is 8.32. The molecule has 1 rings (SSSR count). The molecule has 11 heavy (non-hydrogen) atoms. The van der Waals surface area contributed by atoms with Crippen LogP contribution in [0.2, 0.25) is 0 Å². The highest BCUT2D eigenvalue weighted by Crippen LogP contribution is 2.18. The molecule has 0 heterocycles. The first-order chi connectivity index (χ1) is 5.34. The van der Waals surface area contributed by atoms with E-state index >= 15 is 0 Å². The molecule has 0 bridgehead atoms. The standard InChI is InChI=1S/C11H14/c1-3-7-10(2)11-8-5-4-6-9-11/h4-6,8-10H,1-3,7H2. The van der Waals surface area contributed by atoms with Crippen LogP contribution in [0.25, 0.3) is 0 Å². The quantitative estimate of drug-likeness (QED) is 0.614. The second kappa shape index (κ2) is 4.17. The summed E-state index contributed by atoms with van der Waals surface area (Å²) in [7, 11) is 0. The van der Waals surface area contributed by atoms with Crippen LogP contribution in [0.4, 0.5) is 0 Å². The second-order valence-corrected chi connectivity index (χ2v) is 2.75. The Morgan fingerprint density at radius 2 is 1.82 bits per heavy atom. The molecule has 0 spiro atoms. The van der Waals surface area contributed by atoms with Gasteiger partial charge in [0.25, 0.3) is 0 Å². The molecule has 0 fully saturated rings. The molecule has 0 aliphatic rings. The van der Waals surface area contributed by atoms with Crippen molar-refractivity contribution < 1.29 is 0 Å². The predicted molar refractivity (Wildman–Crippen MR) is 49.1 cm³/mol. The van der Waals surface area contributed by atoms with Gasteiger partial charge in [-0.15, -0.1) is 0 Å². The Bertz CT molecular complexity index is 188. The SMILES string of the molecule is [CH2]CCC([CH2])c1ccccc1. The minimum absolute atomic E-state index is 0.411. The summed E-state index contributed by atoms with van der Waals surface area (Å²) in [6.45, 7) is 7.87. The highest BCUT2D eigenvalue weighted by atomic mass is 14.1. The van der Waals surface area contributed by atoms with Gasteiger partial charge in [0, 0.05) is 0 Å². The summed E-state index contributed by atoms with van der Waals surface area (Å²) in [5.74, 6) is 0.411. The smallest absolute Gasteiger partial charge is 0.0162 e. The fourth-order valence-corrected chi connectivity index (χ4v) is 1.14. The zero-order valence-corrected chi connectivity index (χ0v) is 6.79. The number of benzene rings is 1. The molecule has 2 radical (unpaired) electrons. The van der Waals surface area contributed by atoms with Gasteiger partial charge in [0.05, 0.1) is 0 Å². The van der Waals surface area contributed by atoms with Crippen LogP contribution in [0.1, 0.15) is 24.3 Å². The molecule has 0 aromatic heterocycles.